The smallest absolute Gasteiger partial charge is 0.254 e. The third kappa shape index (κ3) is 2.48. The Hall–Kier alpha value is -1.95. The Morgan fingerprint density at radius 2 is 2.00 bits per heavy atom. The number of nitrogens with zero attached hydrogens (tertiary/aromatic N) is 1. The molecule has 1 aromatic carbocycles. The van der Waals surface area contributed by atoms with Crippen LogP contribution >= 0.6 is 0 Å². The van der Waals surface area contributed by atoms with E-state index >= 15 is 0 Å². The predicted octanol–water partition coefficient (Wildman–Crippen LogP) is -0.275. The Bertz CT molecular complexity index is 461. The summed E-state index contributed by atoms with van der Waals surface area (Å²) in [6.07, 6.45) is 0. The van der Waals surface area contributed by atoms with Crippen LogP contribution in [-0.2, 0) is 4.79 Å². The van der Waals surface area contributed by atoms with Crippen molar-refractivity contribution < 1.29 is 14.0 Å². The number of benzene rings is 1. The van der Waals surface area contributed by atoms with Crippen molar-refractivity contribution in [1.29, 1.82) is 0 Å². The van der Waals surface area contributed by atoms with Crippen LogP contribution in [0.25, 0.3) is 0 Å². The molecule has 0 aromatic heterocycles. The van der Waals surface area contributed by atoms with Crippen LogP contribution in [0, 0.1) is 5.82 Å². The van der Waals surface area contributed by atoms with Crippen LogP contribution in [0.15, 0.2) is 24.3 Å². The van der Waals surface area contributed by atoms with E-state index in [0.29, 0.717) is 25.2 Å². The van der Waals surface area contributed by atoms with Crippen LogP contribution in [0.4, 0.5) is 4.39 Å². The molecule has 96 valence electrons. The van der Waals surface area contributed by atoms with E-state index < -0.39 is 17.8 Å². The molecule has 1 aliphatic heterocycles. The monoisotopic (exact) mass is 251 g/mol. The first-order valence-electron chi connectivity index (χ1n) is 5.66. The maximum absolute atomic E-state index is 12.8. The number of nitrogens with two attached hydrogens (primary N) is 1. The average Bonchev–Trinajstić information content (AvgIpc) is 2.39. The van der Waals surface area contributed by atoms with Gasteiger partial charge < -0.3 is 16.0 Å². The van der Waals surface area contributed by atoms with Crippen LogP contribution in [-0.4, -0.2) is 42.4 Å². The molecule has 18 heavy (non-hydrogen) atoms. The number of piperazine rings is 1. The molecule has 1 heterocycles. The summed E-state index contributed by atoms with van der Waals surface area (Å²) >= 11 is 0. The maximum Gasteiger partial charge on any atom is 0.254 e. The van der Waals surface area contributed by atoms with E-state index in [0.717, 1.165) is 0 Å². The summed E-state index contributed by atoms with van der Waals surface area (Å²) in [6.45, 7) is 1.36. The fraction of sp³-hybridized carbons (Fsp3) is 0.333. The number of hydrogen-bond acceptors (Lipinski definition) is 3. The van der Waals surface area contributed by atoms with Gasteiger partial charge in [-0.3, -0.25) is 9.59 Å². The molecule has 1 aromatic rings. The molecule has 3 N–H and O–H groups in total. The second-order valence-electron chi connectivity index (χ2n) is 4.13. The van der Waals surface area contributed by atoms with E-state index in [4.69, 9.17) is 5.73 Å². The third-order valence-corrected chi connectivity index (χ3v) is 2.92. The molecule has 1 aliphatic rings. The summed E-state index contributed by atoms with van der Waals surface area (Å²) in [6, 6.07) is 4.58. The molecule has 1 unspecified atom stereocenters. The normalized spacial score (nSPS) is 19.6. The molecule has 0 spiro atoms. The van der Waals surface area contributed by atoms with Crippen molar-refractivity contribution >= 4 is 11.8 Å². The molecule has 0 aliphatic carbocycles. The molecular formula is C12H14FN3O2. The molecule has 1 saturated heterocycles. The summed E-state index contributed by atoms with van der Waals surface area (Å²) < 4.78 is 12.8. The fourth-order valence-electron chi connectivity index (χ4n) is 1.96. The molecule has 0 radical (unpaired) electrons. The van der Waals surface area contributed by atoms with Crippen LogP contribution in [0.2, 0.25) is 0 Å². The number of amides is 2. The van der Waals surface area contributed by atoms with Gasteiger partial charge >= 0.3 is 0 Å². The van der Waals surface area contributed by atoms with Crippen molar-refractivity contribution in [3.8, 4) is 0 Å². The molecule has 5 nitrogen and oxygen atoms in total. The first-order valence-corrected chi connectivity index (χ1v) is 5.66. The Balaban J connectivity index is 2.20. The van der Waals surface area contributed by atoms with Crippen molar-refractivity contribution in [3.63, 3.8) is 0 Å². The number of primary amides is 1. The van der Waals surface area contributed by atoms with Crippen molar-refractivity contribution in [2.75, 3.05) is 19.6 Å². The van der Waals surface area contributed by atoms with E-state index in [1.54, 1.807) is 0 Å². The first-order chi connectivity index (χ1) is 8.59. The van der Waals surface area contributed by atoms with Crippen LogP contribution in [0.3, 0.4) is 0 Å². The van der Waals surface area contributed by atoms with Gasteiger partial charge in [-0.05, 0) is 24.3 Å². The lowest BCUT2D eigenvalue weighted by Crippen LogP contribution is -2.58. The van der Waals surface area contributed by atoms with Gasteiger partial charge in [0.1, 0.15) is 11.9 Å². The fourth-order valence-corrected chi connectivity index (χ4v) is 1.96. The lowest BCUT2D eigenvalue weighted by molar-refractivity contribution is -0.122. The van der Waals surface area contributed by atoms with E-state index in [1.807, 2.05) is 0 Å². The first kappa shape index (κ1) is 12.5. The largest absolute Gasteiger partial charge is 0.368 e. The Morgan fingerprint density at radius 1 is 1.33 bits per heavy atom. The number of halogens is 1. The summed E-state index contributed by atoms with van der Waals surface area (Å²) in [7, 11) is 0. The lowest BCUT2D eigenvalue weighted by Gasteiger charge is -2.34. The van der Waals surface area contributed by atoms with Gasteiger partial charge in [0.05, 0.1) is 0 Å². The zero-order chi connectivity index (χ0) is 13.1. The van der Waals surface area contributed by atoms with Gasteiger partial charge in [-0.15, -0.1) is 0 Å². The van der Waals surface area contributed by atoms with E-state index in [1.165, 1.54) is 29.2 Å². The van der Waals surface area contributed by atoms with Gasteiger partial charge in [-0.2, -0.15) is 0 Å². The Morgan fingerprint density at radius 3 is 2.61 bits per heavy atom. The zero-order valence-electron chi connectivity index (χ0n) is 9.73. The van der Waals surface area contributed by atoms with E-state index in [9.17, 15) is 14.0 Å². The highest BCUT2D eigenvalue weighted by atomic mass is 19.1. The molecule has 1 atom stereocenters. The summed E-state index contributed by atoms with van der Waals surface area (Å²) in [4.78, 5) is 24.9. The molecule has 6 heteroatoms. The molecule has 0 saturated carbocycles. The Labute approximate surface area is 104 Å². The zero-order valence-corrected chi connectivity index (χ0v) is 9.73. The van der Waals surface area contributed by atoms with Crippen LogP contribution < -0.4 is 11.1 Å². The quantitative estimate of drug-likeness (QED) is 0.759. The standard InChI is InChI=1S/C12H14FN3O2/c13-9-3-1-8(2-4-9)12(18)16-6-5-15-7-10(16)11(14)17/h1-4,10,15H,5-7H2,(H2,14,17). The maximum atomic E-state index is 12.8. The highest BCUT2D eigenvalue weighted by Gasteiger charge is 2.30. The Kier molecular flexibility index (Phi) is 3.57. The molecule has 2 rings (SSSR count). The average molecular weight is 251 g/mol. The molecule has 2 amide bonds. The molecule has 1 fully saturated rings. The minimum Gasteiger partial charge on any atom is -0.368 e. The van der Waals surface area contributed by atoms with Gasteiger partial charge in [0.25, 0.3) is 5.91 Å². The number of rotatable bonds is 2. The summed E-state index contributed by atoms with van der Waals surface area (Å²) in [5.74, 6) is -1.25. The van der Waals surface area contributed by atoms with Gasteiger partial charge in [-0.25, -0.2) is 4.39 Å². The topological polar surface area (TPSA) is 75.4 Å². The van der Waals surface area contributed by atoms with E-state index in [-0.39, 0.29) is 5.91 Å². The summed E-state index contributed by atoms with van der Waals surface area (Å²) in [5.41, 5.74) is 5.62. The van der Waals surface area contributed by atoms with Crippen LogP contribution in [0.5, 0.6) is 0 Å². The van der Waals surface area contributed by atoms with Gasteiger partial charge in [0, 0.05) is 25.2 Å². The van der Waals surface area contributed by atoms with Crippen molar-refractivity contribution in [1.82, 2.24) is 10.2 Å². The van der Waals surface area contributed by atoms with Crippen molar-refractivity contribution in [2.45, 2.75) is 6.04 Å². The number of carbonyl (C=O) groups is 2. The van der Waals surface area contributed by atoms with E-state index in [2.05, 4.69) is 5.32 Å². The van der Waals surface area contributed by atoms with Gasteiger partial charge in [0.15, 0.2) is 0 Å². The molecular weight excluding hydrogens is 237 g/mol. The van der Waals surface area contributed by atoms with Crippen LogP contribution in [0.1, 0.15) is 10.4 Å². The number of carbonyl (C=O) groups excluding carboxylic acids is 2. The minimum absolute atomic E-state index is 0.305. The SMILES string of the molecule is NC(=O)C1CNCCN1C(=O)c1ccc(F)cc1. The van der Waals surface area contributed by atoms with Gasteiger partial charge in [0.2, 0.25) is 5.91 Å². The lowest BCUT2D eigenvalue weighted by atomic mass is 10.1. The highest BCUT2D eigenvalue weighted by Crippen LogP contribution is 2.11. The predicted molar refractivity (Wildman–Crippen MR) is 63.3 cm³/mol. The minimum atomic E-state index is -0.656. The highest BCUT2D eigenvalue weighted by molar-refractivity contribution is 5.97. The van der Waals surface area contributed by atoms with Gasteiger partial charge in [-0.1, -0.05) is 0 Å². The second kappa shape index (κ2) is 5.14. The molecule has 0 bridgehead atoms. The van der Waals surface area contributed by atoms with Crippen molar-refractivity contribution in [3.05, 3.63) is 35.6 Å². The summed E-state index contributed by atoms with van der Waals surface area (Å²) in [5, 5.41) is 3.01. The van der Waals surface area contributed by atoms with Crippen molar-refractivity contribution in [2.24, 2.45) is 5.73 Å². The number of nitrogens with one attached hydrogen (secondary N) is 1. The second-order valence-corrected chi connectivity index (χ2v) is 4.13. The third-order valence-electron chi connectivity index (χ3n) is 2.92. The number of hydrogen-bond donors (Lipinski definition) is 2.